The van der Waals surface area contributed by atoms with Crippen LogP contribution in [-0.2, 0) is 4.79 Å². The van der Waals surface area contributed by atoms with E-state index in [1.54, 1.807) is 24.1 Å². The van der Waals surface area contributed by atoms with E-state index in [9.17, 15) is 4.79 Å². The topological polar surface area (TPSA) is 46.3 Å². The maximum Gasteiger partial charge on any atom is 0.227 e. The fraction of sp³-hybridized carbons (Fsp3) is 0.500. The van der Waals surface area contributed by atoms with Crippen molar-refractivity contribution < 1.29 is 4.79 Å². The second-order valence-electron chi connectivity index (χ2n) is 4.63. The maximum absolute atomic E-state index is 12.3. The van der Waals surface area contributed by atoms with Gasteiger partial charge in [0, 0.05) is 23.6 Å². The molecule has 0 aliphatic carbocycles. The van der Waals surface area contributed by atoms with Crippen molar-refractivity contribution in [1.82, 2.24) is 4.90 Å². The molecule has 0 heterocycles. The summed E-state index contributed by atoms with van der Waals surface area (Å²) in [6, 6.07) is 5.20. The number of benzene rings is 1. The van der Waals surface area contributed by atoms with Crippen molar-refractivity contribution in [2.24, 2.45) is 11.7 Å². The van der Waals surface area contributed by atoms with Gasteiger partial charge in [-0.15, -0.1) is 0 Å². The summed E-state index contributed by atoms with van der Waals surface area (Å²) in [4.78, 5) is 14.0. The van der Waals surface area contributed by atoms with E-state index in [-0.39, 0.29) is 17.9 Å². The smallest absolute Gasteiger partial charge is 0.227 e. The Kier molecular flexibility index (Phi) is 6.11. The van der Waals surface area contributed by atoms with Crippen LogP contribution in [0.4, 0.5) is 0 Å². The summed E-state index contributed by atoms with van der Waals surface area (Å²) in [5.41, 5.74) is 6.50. The molecule has 0 radical (unpaired) electrons. The summed E-state index contributed by atoms with van der Waals surface area (Å²) in [6.07, 6.45) is 0.737. The van der Waals surface area contributed by atoms with Crippen molar-refractivity contribution in [3.05, 3.63) is 33.8 Å². The Morgan fingerprint density at radius 1 is 1.42 bits per heavy atom. The molecule has 0 aliphatic heterocycles. The number of amides is 1. The molecule has 0 aliphatic rings. The van der Waals surface area contributed by atoms with Crippen LogP contribution in [0.2, 0.25) is 10.0 Å². The van der Waals surface area contributed by atoms with Gasteiger partial charge in [-0.25, -0.2) is 0 Å². The molecule has 1 rings (SSSR count). The zero-order valence-electron chi connectivity index (χ0n) is 11.5. The second-order valence-corrected chi connectivity index (χ2v) is 5.48. The Hall–Kier alpha value is -0.770. The molecule has 2 N–H and O–H groups in total. The summed E-state index contributed by atoms with van der Waals surface area (Å²) in [7, 11) is 1.77. The van der Waals surface area contributed by atoms with Crippen LogP contribution in [0.1, 0.15) is 31.9 Å². The standard InChI is InChI=1S/C14H20Cl2N2O/c1-4-10(8-17)14(19)18(3)9(2)12-6-5-11(15)7-13(12)16/h5-7,9-10H,4,8,17H2,1-3H3. The van der Waals surface area contributed by atoms with Gasteiger partial charge in [0.1, 0.15) is 0 Å². The molecule has 0 spiro atoms. The second kappa shape index (κ2) is 7.13. The van der Waals surface area contributed by atoms with Gasteiger partial charge in [0.05, 0.1) is 12.0 Å². The maximum atomic E-state index is 12.3. The molecule has 5 heteroatoms. The monoisotopic (exact) mass is 302 g/mol. The fourth-order valence-electron chi connectivity index (χ4n) is 1.97. The van der Waals surface area contributed by atoms with E-state index in [1.165, 1.54) is 0 Å². The third kappa shape index (κ3) is 3.85. The predicted octanol–water partition coefficient (Wildman–Crippen LogP) is 3.50. The lowest BCUT2D eigenvalue weighted by molar-refractivity contribution is -0.135. The number of rotatable bonds is 5. The van der Waals surface area contributed by atoms with Crippen molar-refractivity contribution in [1.29, 1.82) is 0 Å². The lowest BCUT2D eigenvalue weighted by atomic mass is 10.0. The van der Waals surface area contributed by atoms with Gasteiger partial charge < -0.3 is 10.6 Å². The molecule has 2 atom stereocenters. The van der Waals surface area contributed by atoms with E-state index >= 15 is 0 Å². The number of hydrogen-bond donors (Lipinski definition) is 1. The SMILES string of the molecule is CCC(CN)C(=O)N(C)C(C)c1ccc(Cl)cc1Cl. The lowest BCUT2D eigenvalue weighted by Gasteiger charge is -2.29. The van der Waals surface area contributed by atoms with Crippen molar-refractivity contribution in [3.63, 3.8) is 0 Å². The number of carbonyl (C=O) groups is 1. The minimum atomic E-state index is -0.140. The van der Waals surface area contributed by atoms with Gasteiger partial charge in [0.15, 0.2) is 0 Å². The fourth-order valence-corrected chi connectivity index (χ4v) is 2.54. The number of nitrogens with zero attached hydrogens (tertiary/aromatic N) is 1. The zero-order valence-corrected chi connectivity index (χ0v) is 13.0. The van der Waals surface area contributed by atoms with Crippen molar-refractivity contribution in [2.75, 3.05) is 13.6 Å². The summed E-state index contributed by atoms with van der Waals surface area (Å²) in [5.74, 6) is -0.0953. The molecule has 1 aromatic rings. The highest BCUT2D eigenvalue weighted by Gasteiger charge is 2.24. The Balaban J connectivity index is 2.92. The highest BCUT2D eigenvalue weighted by molar-refractivity contribution is 6.35. The predicted molar refractivity (Wildman–Crippen MR) is 80.5 cm³/mol. The third-order valence-electron chi connectivity index (χ3n) is 3.47. The Morgan fingerprint density at radius 3 is 2.53 bits per heavy atom. The van der Waals surface area contributed by atoms with Crippen LogP contribution in [0.15, 0.2) is 18.2 Å². The first-order valence-electron chi connectivity index (χ1n) is 6.34. The van der Waals surface area contributed by atoms with Crippen LogP contribution < -0.4 is 5.73 Å². The average molecular weight is 303 g/mol. The first-order chi connectivity index (χ1) is 8.92. The van der Waals surface area contributed by atoms with E-state index in [4.69, 9.17) is 28.9 Å². The average Bonchev–Trinajstić information content (AvgIpc) is 2.38. The van der Waals surface area contributed by atoms with Crippen LogP contribution in [0.5, 0.6) is 0 Å². The van der Waals surface area contributed by atoms with Crippen LogP contribution in [-0.4, -0.2) is 24.4 Å². The van der Waals surface area contributed by atoms with Gasteiger partial charge in [-0.1, -0.05) is 36.2 Å². The molecule has 106 valence electrons. The van der Waals surface area contributed by atoms with E-state index in [2.05, 4.69) is 0 Å². The van der Waals surface area contributed by atoms with E-state index in [0.29, 0.717) is 16.6 Å². The lowest BCUT2D eigenvalue weighted by Crippen LogP contribution is -2.37. The molecular weight excluding hydrogens is 283 g/mol. The van der Waals surface area contributed by atoms with Gasteiger partial charge in [-0.3, -0.25) is 4.79 Å². The Labute approximate surface area is 124 Å². The van der Waals surface area contributed by atoms with Crippen molar-refractivity contribution in [2.45, 2.75) is 26.3 Å². The van der Waals surface area contributed by atoms with E-state index < -0.39 is 0 Å². The largest absolute Gasteiger partial charge is 0.339 e. The minimum Gasteiger partial charge on any atom is -0.339 e. The van der Waals surface area contributed by atoms with Crippen LogP contribution in [0.3, 0.4) is 0 Å². The van der Waals surface area contributed by atoms with Crippen LogP contribution >= 0.6 is 23.2 Å². The van der Waals surface area contributed by atoms with Crippen LogP contribution in [0.25, 0.3) is 0 Å². The molecule has 1 amide bonds. The van der Waals surface area contributed by atoms with Gasteiger partial charge in [0.2, 0.25) is 5.91 Å². The number of halogens is 2. The molecule has 2 unspecified atom stereocenters. The normalized spacial score (nSPS) is 14.0. The highest BCUT2D eigenvalue weighted by Crippen LogP contribution is 2.29. The quantitative estimate of drug-likeness (QED) is 0.905. The highest BCUT2D eigenvalue weighted by atomic mass is 35.5. The number of nitrogens with two attached hydrogens (primary N) is 1. The molecule has 0 saturated carbocycles. The van der Waals surface area contributed by atoms with Gasteiger partial charge in [0.25, 0.3) is 0 Å². The molecule has 0 fully saturated rings. The van der Waals surface area contributed by atoms with Crippen molar-refractivity contribution in [3.8, 4) is 0 Å². The molecule has 19 heavy (non-hydrogen) atoms. The minimum absolute atomic E-state index is 0.0449. The summed E-state index contributed by atoms with van der Waals surface area (Å²) in [6.45, 7) is 4.26. The first-order valence-corrected chi connectivity index (χ1v) is 7.09. The molecule has 0 aromatic heterocycles. The number of carbonyl (C=O) groups excluding carboxylic acids is 1. The molecule has 0 bridgehead atoms. The summed E-state index contributed by atoms with van der Waals surface area (Å²) >= 11 is 12.1. The van der Waals surface area contributed by atoms with Gasteiger partial charge in [-0.05, 0) is 31.0 Å². The zero-order chi connectivity index (χ0) is 14.6. The first kappa shape index (κ1) is 16.3. The molecule has 3 nitrogen and oxygen atoms in total. The Morgan fingerprint density at radius 2 is 2.05 bits per heavy atom. The van der Waals surface area contributed by atoms with Crippen LogP contribution in [0, 0.1) is 5.92 Å². The van der Waals surface area contributed by atoms with E-state index in [1.807, 2.05) is 19.9 Å². The molecule has 0 saturated heterocycles. The number of hydrogen-bond acceptors (Lipinski definition) is 2. The van der Waals surface area contributed by atoms with E-state index in [0.717, 1.165) is 12.0 Å². The summed E-state index contributed by atoms with van der Waals surface area (Å²) < 4.78 is 0. The molecule has 1 aromatic carbocycles. The van der Waals surface area contributed by atoms with Gasteiger partial charge in [-0.2, -0.15) is 0 Å². The van der Waals surface area contributed by atoms with Crippen molar-refractivity contribution >= 4 is 29.1 Å². The summed E-state index contributed by atoms with van der Waals surface area (Å²) in [5, 5.41) is 1.16. The third-order valence-corrected chi connectivity index (χ3v) is 4.03. The Bertz CT molecular complexity index is 447. The molecular formula is C14H20Cl2N2O. The van der Waals surface area contributed by atoms with Gasteiger partial charge >= 0.3 is 0 Å².